The molecule has 8 heteroatoms. The van der Waals surface area contributed by atoms with Gasteiger partial charge in [-0.2, -0.15) is 5.26 Å². The number of aromatic nitrogens is 1. The van der Waals surface area contributed by atoms with E-state index in [-0.39, 0.29) is 53.2 Å². The van der Waals surface area contributed by atoms with Crippen LogP contribution in [0.15, 0.2) is 73.3 Å². The predicted octanol–water partition coefficient (Wildman–Crippen LogP) is 1.03. The summed E-state index contributed by atoms with van der Waals surface area (Å²) in [5, 5.41) is 20.8. The molecule has 0 unspecified atom stereocenters. The summed E-state index contributed by atoms with van der Waals surface area (Å²) in [5.74, 6) is -0.415. The maximum absolute atomic E-state index is 10.9. The van der Waals surface area contributed by atoms with Crippen LogP contribution in [0.5, 0.6) is 11.6 Å². The number of carboxylic acids is 1. The molecule has 0 bridgehead atoms. The van der Waals surface area contributed by atoms with Gasteiger partial charge in [0.25, 0.3) is 0 Å². The van der Waals surface area contributed by atoms with E-state index in [0.717, 1.165) is 5.56 Å². The molecule has 0 aliphatic carbocycles. The molecule has 0 N–H and O–H groups in total. The third-order valence-corrected chi connectivity index (χ3v) is 4.98. The van der Waals surface area contributed by atoms with Crippen LogP contribution >= 0.6 is 12.6 Å². The zero-order valence-corrected chi connectivity index (χ0v) is 21.1. The summed E-state index contributed by atoms with van der Waals surface area (Å²) in [5.41, 5.74) is 2.98. The number of ether oxygens (including phenoxy) is 2. The summed E-state index contributed by atoms with van der Waals surface area (Å²) in [7, 11) is 1.58. The first-order valence-corrected chi connectivity index (χ1v) is 9.96. The molecule has 2 aromatic carbocycles. The number of methoxy groups -OCH3 is 1. The van der Waals surface area contributed by atoms with Crippen LogP contribution in [0.4, 0.5) is 0 Å². The molecule has 1 heterocycles. The predicted molar refractivity (Wildman–Crippen MR) is 123 cm³/mol. The number of pyridine rings is 1. The van der Waals surface area contributed by atoms with E-state index in [9.17, 15) is 15.2 Å². The van der Waals surface area contributed by atoms with Gasteiger partial charge in [0.05, 0.1) is 18.8 Å². The second-order valence-electron chi connectivity index (χ2n) is 6.64. The molecule has 0 atom stereocenters. The number of benzene rings is 2. The van der Waals surface area contributed by atoms with Crippen LogP contribution < -0.4 is 44.1 Å². The maximum Gasteiger partial charge on any atom is 1.00 e. The Morgan fingerprint density at radius 3 is 2.42 bits per heavy atom. The van der Waals surface area contributed by atoms with E-state index in [4.69, 9.17) is 9.47 Å². The van der Waals surface area contributed by atoms with Crippen molar-refractivity contribution in [2.45, 2.75) is 6.61 Å². The molecule has 160 valence electrons. The summed E-state index contributed by atoms with van der Waals surface area (Å²) in [6.45, 7) is 3.77. The number of aromatic carboxylic acids is 1. The van der Waals surface area contributed by atoms with E-state index >= 15 is 0 Å². The number of carbonyl (C=O) groups excluding carboxylic acids is 1. The number of allylic oxidation sites excluding steroid dienone is 2. The van der Waals surface area contributed by atoms with E-state index in [1.807, 2.05) is 12.1 Å². The number of nitrogens with zero attached hydrogens (tertiary/aromatic N) is 2. The molecule has 3 aromatic rings. The van der Waals surface area contributed by atoms with Crippen LogP contribution in [-0.2, 0) is 6.61 Å². The van der Waals surface area contributed by atoms with Crippen molar-refractivity contribution in [1.29, 1.82) is 5.26 Å². The van der Waals surface area contributed by atoms with Gasteiger partial charge in [0.2, 0.25) is 5.88 Å². The van der Waals surface area contributed by atoms with Gasteiger partial charge in [-0.15, -0.1) is 12.6 Å². The van der Waals surface area contributed by atoms with Crippen molar-refractivity contribution in [1.82, 2.24) is 4.98 Å². The SMILES string of the molecule is C=C/C=C(\S)c1cc(-c2ccc(OC)cc2)c(C#N)c(OCc2ccc(C(=O)[O-])cc2)n1.[Na+]. The van der Waals surface area contributed by atoms with Crippen molar-refractivity contribution in [3.8, 4) is 28.8 Å². The van der Waals surface area contributed by atoms with Crippen LogP contribution in [-0.4, -0.2) is 18.1 Å². The molecule has 0 amide bonds. The van der Waals surface area contributed by atoms with Crippen molar-refractivity contribution in [2.24, 2.45) is 0 Å². The minimum atomic E-state index is -1.25. The van der Waals surface area contributed by atoms with Crippen LogP contribution in [0.1, 0.15) is 27.2 Å². The van der Waals surface area contributed by atoms with Crippen molar-refractivity contribution in [3.05, 3.63) is 95.7 Å². The Morgan fingerprint density at radius 2 is 1.88 bits per heavy atom. The second kappa shape index (κ2) is 12.3. The number of hydrogen-bond acceptors (Lipinski definition) is 7. The van der Waals surface area contributed by atoms with Gasteiger partial charge < -0.3 is 19.4 Å². The fraction of sp³-hybridized carbons (Fsp3) is 0.0800. The maximum atomic E-state index is 10.9. The van der Waals surface area contributed by atoms with Crippen molar-refractivity contribution >= 4 is 23.5 Å². The standard InChI is InChI=1S/C25H20N2O4S.Na/c1-3-4-23(32)22-13-20(17-9-11-19(30-2)12-10-17)21(14-26)24(27-22)31-15-16-5-7-18(8-6-16)25(28)29;/h3-13,32H,1,15H2,2H3,(H,28,29);/q;+1/p-1/b23-4-;. The number of carbonyl (C=O) groups is 1. The number of thiol groups is 1. The van der Waals surface area contributed by atoms with Gasteiger partial charge in [0.15, 0.2) is 0 Å². The first-order chi connectivity index (χ1) is 15.5. The van der Waals surface area contributed by atoms with Crippen molar-refractivity contribution in [2.75, 3.05) is 7.11 Å². The average Bonchev–Trinajstić information content (AvgIpc) is 2.82. The molecule has 6 nitrogen and oxygen atoms in total. The zero-order chi connectivity index (χ0) is 23.1. The normalized spacial score (nSPS) is 10.5. The van der Waals surface area contributed by atoms with Gasteiger partial charge >= 0.3 is 29.6 Å². The number of nitriles is 1. The Balaban J connectivity index is 0.00000385. The molecule has 0 aliphatic heterocycles. The molecule has 0 aliphatic rings. The molecular formula is C25H19N2NaO4S. The summed E-state index contributed by atoms with van der Waals surface area (Å²) >= 11 is 4.48. The summed E-state index contributed by atoms with van der Waals surface area (Å²) in [4.78, 5) is 16.0. The largest absolute Gasteiger partial charge is 1.00 e. The Bertz CT molecular complexity index is 1220. The molecular weight excluding hydrogens is 447 g/mol. The quantitative estimate of drug-likeness (QED) is 0.303. The third-order valence-electron chi connectivity index (χ3n) is 4.60. The Hall–Kier alpha value is -3.02. The van der Waals surface area contributed by atoms with Gasteiger partial charge in [-0.1, -0.05) is 49.1 Å². The topological polar surface area (TPSA) is 95.3 Å². The van der Waals surface area contributed by atoms with Gasteiger partial charge in [-0.3, -0.25) is 0 Å². The Labute approximate surface area is 219 Å². The van der Waals surface area contributed by atoms with Crippen LogP contribution in [0.2, 0.25) is 0 Å². The second-order valence-corrected chi connectivity index (χ2v) is 7.12. The van der Waals surface area contributed by atoms with Gasteiger partial charge in [0.1, 0.15) is 24.0 Å². The smallest absolute Gasteiger partial charge is 0.545 e. The van der Waals surface area contributed by atoms with Gasteiger partial charge in [-0.25, -0.2) is 4.98 Å². The molecule has 0 saturated heterocycles. The van der Waals surface area contributed by atoms with E-state index in [1.165, 1.54) is 12.1 Å². The van der Waals surface area contributed by atoms with Crippen LogP contribution in [0.3, 0.4) is 0 Å². The number of rotatable bonds is 8. The minimum absolute atomic E-state index is 0. The first kappa shape index (κ1) is 26.2. The molecule has 0 radical (unpaired) electrons. The number of hydrogen-bond donors (Lipinski definition) is 1. The van der Waals surface area contributed by atoms with E-state index < -0.39 is 5.97 Å². The first-order valence-electron chi connectivity index (χ1n) is 9.51. The molecule has 0 fully saturated rings. The van der Waals surface area contributed by atoms with Crippen LogP contribution in [0.25, 0.3) is 16.0 Å². The van der Waals surface area contributed by atoms with E-state index in [2.05, 4.69) is 30.3 Å². The van der Waals surface area contributed by atoms with Crippen molar-refractivity contribution in [3.63, 3.8) is 0 Å². The Morgan fingerprint density at radius 1 is 1.21 bits per heavy atom. The zero-order valence-electron chi connectivity index (χ0n) is 18.2. The molecule has 1 aromatic heterocycles. The van der Waals surface area contributed by atoms with Crippen molar-refractivity contribution < 1.29 is 48.9 Å². The fourth-order valence-corrected chi connectivity index (χ4v) is 3.17. The van der Waals surface area contributed by atoms with Gasteiger partial charge in [-0.05, 0) is 41.0 Å². The summed E-state index contributed by atoms with van der Waals surface area (Å²) in [6, 6.07) is 17.3. The molecule has 3 rings (SSSR count). The Kier molecular flexibility index (Phi) is 9.76. The van der Waals surface area contributed by atoms with Gasteiger partial charge in [0, 0.05) is 10.5 Å². The third kappa shape index (κ3) is 6.50. The van der Waals surface area contributed by atoms with Crippen LogP contribution in [0, 0.1) is 11.3 Å². The monoisotopic (exact) mass is 466 g/mol. The summed E-state index contributed by atoms with van der Waals surface area (Å²) < 4.78 is 11.1. The average molecular weight is 466 g/mol. The van der Waals surface area contributed by atoms with E-state index in [1.54, 1.807) is 49.6 Å². The molecule has 33 heavy (non-hydrogen) atoms. The minimum Gasteiger partial charge on any atom is -0.545 e. The summed E-state index contributed by atoms with van der Waals surface area (Å²) in [6.07, 6.45) is 3.28. The van der Waals surface area contributed by atoms with E-state index in [0.29, 0.717) is 27.5 Å². The fourth-order valence-electron chi connectivity index (χ4n) is 2.95. The number of carboxylic acid groups (broad SMARTS) is 1. The molecule has 0 saturated carbocycles. The molecule has 0 spiro atoms.